The highest BCUT2D eigenvalue weighted by molar-refractivity contribution is 5.14. The first-order valence-electron chi connectivity index (χ1n) is 6.67. The van der Waals surface area contributed by atoms with Crippen molar-refractivity contribution in [2.75, 3.05) is 19.7 Å². The molecule has 0 atom stereocenters. The molecule has 0 saturated heterocycles. The first-order valence-corrected chi connectivity index (χ1v) is 6.67. The van der Waals surface area contributed by atoms with Gasteiger partial charge in [-0.1, -0.05) is 57.0 Å². The molecule has 1 aromatic rings. The molecule has 1 N–H and O–H groups in total. The van der Waals surface area contributed by atoms with Crippen molar-refractivity contribution in [3.05, 3.63) is 35.9 Å². The Bertz CT molecular complexity index is 282. The van der Waals surface area contributed by atoms with Crippen LogP contribution in [0.3, 0.4) is 0 Å². The molecule has 0 aliphatic carbocycles. The summed E-state index contributed by atoms with van der Waals surface area (Å²) in [4.78, 5) is 2.35. The summed E-state index contributed by atoms with van der Waals surface area (Å²) in [6.07, 6.45) is 2.43. The zero-order valence-corrected chi connectivity index (χ0v) is 11.1. The summed E-state index contributed by atoms with van der Waals surface area (Å²) >= 11 is 0. The van der Waals surface area contributed by atoms with E-state index >= 15 is 0 Å². The van der Waals surface area contributed by atoms with Gasteiger partial charge in [-0.15, -0.1) is 0 Å². The van der Waals surface area contributed by atoms with Crippen molar-refractivity contribution in [1.82, 2.24) is 4.90 Å². The second kappa shape index (κ2) is 8.26. The Morgan fingerprint density at radius 2 is 1.76 bits per heavy atom. The average Bonchev–Trinajstić information content (AvgIpc) is 2.37. The highest BCUT2D eigenvalue weighted by Gasteiger charge is 2.11. The second-order valence-electron chi connectivity index (χ2n) is 4.63. The van der Waals surface area contributed by atoms with Gasteiger partial charge in [0.2, 0.25) is 0 Å². The summed E-state index contributed by atoms with van der Waals surface area (Å²) in [5.74, 6) is 0.741. The van der Waals surface area contributed by atoms with Crippen molar-refractivity contribution >= 4 is 0 Å². The predicted molar refractivity (Wildman–Crippen MR) is 72.9 cm³/mol. The van der Waals surface area contributed by atoms with Crippen molar-refractivity contribution in [1.29, 1.82) is 0 Å². The fraction of sp³-hybridized carbons (Fsp3) is 0.600. The zero-order valence-electron chi connectivity index (χ0n) is 11.1. The van der Waals surface area contributed by atoms with E-state index in [0.29, 0.717) is 0 Å². The quantitative estimate of drug-likeness (QED) is 0.749. The summed E-state index contributed by atoms with van der Waals surface area (Å²) in [5, 5.41) is 9.13. The third-order valence-electron chi connectivity index (χ3n) is 3.34. The van der Waals surface area contributed by atoms with Gasteiger partial charge in [0.25, 0.3) is 0 Å². The van der Waals surface area contributed by atoms with E-state index < -0.39 is 0 Å². The Kier molecular flexibility index (Phi) is 6.90. The summed E-state index contributed by atoms with van der Waals surface area (Å²) in [6.45, 7) is 7.53. The molecule has 0 unspecified atom stereocenters. The van der Waals surface area contributed by atoms with Gasteiger partial charge in [-0.2, -0.15) is 0 Å². The molecule has 0 fully saturated rings. The molecule has 1 rings (SSSR count). The molecule has 0 aliphatic heterocycles. The van der Waals surface area contributed by atoms with Crippen molar-refractivity contribution in [3.63, 3.8) is 0 Å². The molecule has 96 valence electrons. The molecule has 0 aliphatic rings. The normalized spacial score (nSPS) is 11.4. The summed E-state index contributed by atoms with van der Waals surface area (Å²) < 4.78 is 0. The number of hydrogen-bond acceptors (Lipinski definition) is 2. The number of nitrogens with zero attached hydrogens (tertiary/aromatic N) is 1. The van der Waals surface area contributed by atoms with E-state index in [2.05, 4.69) is 43.0 Å². The minimum atomic E-state index is 0.243. The number of rotatable bonds is 8. The minimum absolute atomic E-state index is 0.243. The van der Waals surface area contributed by atoms with Crippen LogP contribution in [0.25, 0.3) is 0 Å². The van der Waals surface area contributed by atoms with E-state index in [1.54, 1.807) is 0 Å². The van der Waals surface area contributed by atoms with Crippen LogP contribution in [0.4, 0.5) is 0 Å². The van der Waals surface area contributed by atoms with E-state index in [9.17, 15) is 0 Å². The standard InChI is InChI=1S/C15H25NO/c1-3-14(4-2)12-16(10-11-17)13-15-8-6-5-7-9-15/h5-9,14,17H,3-4,10-13H2,1-2H3. The Hall–Kier alpha value is -0.860. The fourth-order valence-corrected chi connectivity index (χ4v) is 2.13. The van der Waals surface area contributed by atoms with Crippen molar-refractivity contribution < 1.29 is 5.11 Å². The molecule has 2 heteroatoms. The molecule has 0 amide bonds. The van der Waals surface area contributed by atoms with Crippen LogP contribution in [-0.4, -0.2) is 29.7 Å². The monoisotopic (exact) mass is 235 g/mol. The van der Waals surface area contributed by atoms with Gasteiger partial charge in [0.1, 0.15) is 0 Å². The maximum Gasteiger partial charge on any atom is 0.0558 e. The molecule has 17 heavy (non-hydrogen) atoms. The number of aliphatic hydroxyl groups is 1. The third kappa shape index (κ3) is 5.33. The molecule has 0 spiro atoms. The largest absolute Gasteiger partial charge is 0.395 e. The molecular weight excluding hydrogens is 210 g/mol. The van der Waals surface area contributed by atoms with Gasteiger partial charge in [0.05, 0.1) is 6.61 Å². The maximum atomic E-state index is 9.13. The summed E-state index contributed by atoms with van der Waals surface area (Å²) in [6, 6.07) is 10.5. The third-order valence-corrected chi connectivity index (χ3v) is 3.34. The van der Waals surface area contributed by atoms with E-state index in [1.165, 1.54) is 18.4 Å². The summed E-state index contributed by atoms with van der Waals surface area (Å²) in [5.41, 5.74) is 1.33. The smallest absolute Gasteiger partial charge is 0.0558 e. The first kappa shape index (κ1) is 14.2. The van der Waals surface area contributed by atoms with Crippen LogP contribution < -0.4 is 0 Å². The molecule has 0 bridgehead atoms. The van der Waals surface area contributed by atoms with Crippen LogP contribution in [-0.2, 0) is 6.54 Å². The molecule has 0 saturated carbocycles. The van der Waals surface area contributed by atoms with Gasteiger partial charge >= 0.3 is 0 Å². The molecule has 0 heterocycles. The van der Waals surface area contributed by atoms with Gasteiger partial charge in [-0.05, 0) is 11.5 Å². The lowest BCUT2D eigenvalue weighted by Crippen LogP contribution is -2.31. The molecule has 0 aromatic heterocycles. The molecular formula is C15H25NO. The summed E-state index contributed by atoms with van der Waals surface area (Å²) in [7, 11) is 0. The predicted octanol–water partition coefficient (Wildman–Crippen LogP) is 2.92. The van der Waals surface area contributed by atoms with Gasteiger partial charge < -0.3 is 5.11 Å². The number of hydrogen-bond donors (Lipinski definition) is 1. The number of benzene rings is 1. The van der Waals surface area contributed by atoms with E-state index in [0.717, 1.165) is 25.6 Å². The van der Waals surface area contributed by atoms with Crippen LogP contribution in [0, 0.1) is 5.92 Å². The minimum Gasteiger partial charge on any atom is -0.395 e. The van der Waals surface area contributed by atoms with E-state index in [-0.39, 0.29) is 6.61 Å². The fourth-order valence-electron chi connectivity index (χ4n) is 2.13. The average molecular weight is 235 g/mol. The number of aliphatic hydroxyl groups excluding tert-OH is 1. The lowest BCUT2D eigenvalue weighted by atomic mass is 10.0. The van der Waals surface area contributed by atoms with Crippen molar-refractivity contribution in [3.8, 4) is 0 Å². The topological polar surface area (TPSA) is 23.5 Å². The maximum absolute atomic E-state index is 9.13. The lowest BCUT2D eigenvalue weighted by molar-refractivity contribution is 0.165. The molecule has 1 aromatic carbocycles. The van der Waals surface area contributed by atoms with Crippen LogP contribution in [0.2, 0.25) is 0 Å². The lowest BCUT2D eigenvalue weighted by Gasteiger charge is -2.25. The van der Waals surface area contributed by atoms with E-state index in [4.69, 9.17) is 5.11 Å². The zero-order chi connectivity index (χ0) is 12.5. The first-order chi connectivity index (χ1) is 8.30. The van der Waals surface area contributed by atoms with Crippen LogP contribution in [0.15, 0.2) is 30.3 Å². The van der Waals surface area contributed by atoms with Crippen molar-refractivity contribution in [2.45, 2.75) is 33.2 Å². The SMILES string of the molecule is CCC(CC)CN(CCO)Cc1ccccc1. The highest BCUT2D eigenvalue weighted by atomic mass is 16.3. The van der Waals surface area contributed by atoms with E-state index in [1.807, 2.05) is 6.07 Å². The Morgan fingerprint density at radius 3 is 2.29 bits per heavy atom. The van der Waals surface area contributed by atoms with Crippen LogP contribution >= 0.6 is 0 Å². The Labute approximate surface area is 105 Å². The molecule has 2 nitrogen and oxygen atoms in total. The van der Waals surface area contributed by atoms with Gasteiger partial charge in [-0.3, -0.25) is 4.90 Å². The van der Waals surface area contributed by atoms with Gasteiger partial charge in [0, 0.05) is 19.6 Å². The van der Waals surface area contributed by atoms with Gasteiger partial charge in [-0.25, -0.2) is 0 Å². The van der Waals surface area contributed by atoms with Crippen LogP contribution in [0.1, 0.15) is 32.3 Å². The second-order valence-corrected chi connectivity index (χ2v) is 4.63. The Morgan fingerprint density at radius 1 is 1.12 bits per heavy atom. The van der Waals surface area contributed by atoms with Crippen molar-refractivity contribution in [2.24, 2.45) is 5.92 Å². The molecule has 0 radical (unpaired) electrons. The van der Waals surface area contributed by atoms with Crippen LogP contribution in [0.5, 0.6) is 0 Å². The highest BCUT2D eigenvalue weighted by Crippen LogP contribution is 2.12. The Balaban J connectivity index is 2.53. The van der Waals surface area contributed by atoms with Gasteiger partial charge in [0.15, 0.2) is 0 Å².